The van der Waals surface area contributed by atoms with Crippen LogP contribution in [-0.2, 0) is 0 Å². The molecule has 0 unspecified atom stereocenters. The fourth-order valence-electron chi connectivity index (χ4n) is 0.214. The third-order valence-corrected chi connectivity index (χ3v) is 3.25. The Labute approximate surface area is 70.5 Å². The van der Waals surface area contributed by atoms with Gasteiger partial charge in [0.15, 0.2) is 0 Å². The molecule has 0 radical (unpaired) electrons. The van der Waals surface area contributed by atoms with Gasteiger partial charge < -0.3 is 0 Å². The molecule has 3 heteroatoms. The van der Waals surface area contributed by atoms with Crippen molar-refractivity contribution in [3.63, 3.8) is 0 Å². The van der Waals surface area contributed by atoms with Crippen LogP contribution in [0.1, 0.15) is 13.8 Å². The molecule has 52 valence electrons. The van der Waals surface area contributed by atoms with E-state index in [0.29, 0.717) is 0 Å². The molecule has 0 aromatic rings. The Balaban J connectivity index is 3.50. The zero-order chi connectivity index (χ0) is 7.28. The lowest BCUT2D eigenvalue weighted by molar-refractivity contribution is 1.42. The first kappa shape index (κ1) is 9.53. The van der Waals surface area contributed by atoms with Crippen LogP contribution in [0.2, 0.25) is 0 Å². The summed E-state index contributed by atoms with van der Waals surface area (Å²) in [5.74, 6) is 0. The largest absolute Gasteiger partial charge is 0.111 e. The highest BCUT2D eigenvalue weighted by atomic mass is 32.2. The van der Waals surface area contributed by atoms with Gasteiger partial charge in [-0.25, -0.2) is 0 Å². The van der Waals surface area contributed by atoms with Crippen molar-refractivity contribution in [3.8, 4) is 0 Å². The average Bonchev–Trinajstić information content (AvgIpc) is 1.83. The Bertz CT molecular complexity index is 122. The zero-order valence-corrected chi connectivity index (χ0v) is 8.25. The maximum Gasteiger partial charge on any atom is 0.108 e. The lowest BCUT2D eigenvalue weighted by Gasteiger charge is -1.91. The van der Waals surface area contributed by atoms with E-state index in [-0.39, 0.29) is 0 Å². The Morgan fingerprint density at radius 3 is 2.33 bits per heavy atom. The van der Waals surface area contributed by atoms with Gasteiger partial charge in [-0.3, -0.25) is 0 Å². The summed E-state index contributed by atoms with van der Waals surface area (Å²) in [5, 5.41) is 2.07. The number of allylic oxidation sites excluding steroid dienone is 1. The average molecular weight is 178 g/mol. The molecule has 0 amide bonds. The van der Waals surface area contributed by atoms with Gasteiger partial charge >= 0.3 is 0 Å². The van der Waals surface area contributed by atoms with E-state index in [1.807, 2.05) is 6.26 Å². The van der Waals surface area contributed by atoms with Gasteiger partial charge in [-0.1, -0.05) is 29.6 Å². The Morgan fingerprint density at radius 1 is 1.44 bits per heavy atom. The van der Waals surface area contributed by atoms with Crippen molar-refractivity contribution in [1.82, 2.24) is 0 Å². The van der Waals surface area contributed by atoms with Crippen LogP contribution in [0, 0.1) is 0 Å². The van der Waals surface area contributed by atoms with E-state index in [2.05, 4.69) is 19.3 Å². The van der Waals surface area contributed by atoms with Gasteiger partial charge in [-0.05, 0) is 25.5 Å². The maximum atomic E-state index is 4.96. The fourth-order valence-corrected chi connectivity index (χ4v) is 1.22. The molecule has 0 fully saturated rings. The van der Waals surface area contributed by atoms with Crippen LogP contribution >= 0.6 is 35.7 Å². The second kappa shape index (κ2) is 5.33. The number of rotatable bonds is 1. The van der Waals surface area contributed by atoms with Gasteiger partial charge in [0.25, 0.3) is 0 Å². The van der Waals surface area contributed by atoms with Crippen molar-refractivity contribution in [2.24, 2.45) is 0 Å². The molecule has 0 aromatic heterocycles. The number of hydrogen-bond donors (Lipinski definition) is 0. The van der Waals surface area contributed by atoms with Gasteiger partial charge in [-0.2, -0.15) is 0 Å². The Kier molecular flexibility index (Phi) is 5.64. The van der Waals surface area contributed by atoms with Crippen LogP contribution < -0.4 is 0 Å². The second-order valence-corrected chi connectivity index (χ2v) is 4.65. The molecule has 0 nitrogen and oxygen atoms in total. The van der Waals surface area contributed by atoms with Gasteiger partial charge in [0, 0.05) is 0 Å². The molecule has 9 heavy (non-hydrogen) atoms. The minimum absolute atomic E-state index is 0.983. The summed E-state index contributed by atoms with van der Waals surface area (Å²) in [6, 6.07) is 0. The molecule has 0 aromatic carbocycles. The smallest absolute Gasteiger partial charge is 0.108 e. The van der Waals surface area contributed by atoms with Crippen LogP contribution in [0.3, 0.4) is 0 Å². The minimum Gasteiger partial charge on any atom is -0.111 e. The number of thioether (sulfide) groups is 2. The van der Waals surface area contributed by atoms with Crippen LogP contribution in [0.25, 0.3) is 0 Å². The van der Waals surface area contributed by atoms with Crippen molar-refractivity contribution in [2.45, 2.75) is 13.8 Å². The van der Waals surface area contributed by atoms with Crippen molar-refractivity contribution in [2.75, 3.05) is 6.26 Å². The summed E-state index contributed by atoms with van der Waals surface area (Å²) in [5.41, 5.74) is 1.30. The van der Waals surface area contributed by atoms with E-state index in [1.165, 1.54) is 5.57 Å². The summed E-state index contributed by atoms with van der Waals surface area (Å²) >= 11 is 8.19. The molecule has 0 atom stereocenters. The maximum absolute atomic E-state index is 4.96. The first-order chi connectivity index (χ1) is 4.16. The number of thiocarbonyl (C=S) groups is 1. The van der Waals surface area contributed by atoms with E-state index >= 15 is 0 Å². The molecule has 0 aliphatic carbocycles. The summed E-state index contributed by atoms with van der Waals surface area (Å²) in [6.45, 7) is 4.13. The van der Waals surface area contributed by atoms with Gasteiger partial charge in [0.1, 0.15) is 3.53 Å². The van der Waals surface area contributed by atoms with Gasteiger partial charge in [0.05, 0.1) is 0 Å². The van der Waals surface area contributed by atoms with Crippen LogP contribution in [0.4, 0.5) is 0 Å². The standard InChI is InChI=1S/C6H10S3/c1-5(2)4-9-6(7)8-3/h4H,1-3H3. The van der Waals surface area contributed by atoms with Crippen molar-refractivity contribution in [1.29, 1.82) is 0 Å². The monoisotopic (exact) mass is 178 g/mol. The minimum atomic E-state index is 0.983. The SMILES string of the molecule is CSC(=S)SC=C(C)C. The highest BCUT2D eigenvalue weighted by molar-refractivity contribution is 8.47. The second-order valence-electron chi connectivity index (χ2n) is 1.77. The lowest BCUT2D eigenvalue weighted by atomic mass is 10.4. The summed E-state index contributed by atoms with van der Waals surface area (Å²) in [4.78, 5) is 0. The highest BCUT2D eigenvalue weighted by Crippen LogP contribution is 2.16. The summed E-state index contributed by atoms with van der Waals surface area (Å²) < 4.78 is 0.983. The first-order valence-corrected chi connectivity index (χ1v) is 5.06. The molecule has 0 N–H and O–H groups in total. The molecule has 0 rings (SSSR count). The fraction of sp³-hybridized carbons (Fsp3) is 0.500. The quantitative estimate of drug-likeness (QED) is 0.566. The van der Waals surface area contributed by atoms with Gasteiger partial charge in [-0.15, -0.1) is 11.8 Å². The molecule has 0 spiro atoms. The van der Waals surface area contributed by atoms with Crippen LogP contribution in [0.5, 0.6) is 0 Å². The van der Waals surface area contributed by atoms with Crippen molar-refractivity contribution < 1.29 is 0 Å². The highest BCUT2D eigenvalue weighted by Gasteiger charge is 1.88. The normalized spacial score (nSPS) is 8.78. The zero-order valence-electron chi connectivity index (χ0n) is 5.80. The van der Waals surface area contributed by atoms with Crippen molar-refractivity contribution >= 4 is 39.3 Å². The van der Waals surface area contributed by atoms with Crippen molar-refractivity contribution in [3.05, 3.63) is 11.0 Å². The van der Waals surface area contributed by atoms with E-state index in [0.717, 1.165) is 3.53 Å². The van der Waals surface area contributed by atoms with Crippen LogP contribution in [0.15, 0.2) is 11.0 Å². The van der Waals surface area contributed by atoms with E-state index < -0.39 is 0 Å². The Hall–Kier alpha value is 0.530. The number of hydrogen-bond acceptors (Lipinski definition) is 3. The third kappa shape index (κ3) is 6.41. The molecular weight excluding hydrogens is 168 g/mol. The van der Waals surface area contributed by atoms with E-state index in [4.69, 9.17) is 12.2 Å². The van der Waals surface area contributed by atoms with Crippen LogP contribution in [-0.4, -0.2) is 9.78 Å². The summed E-state index contributed by atoms with van der Waals surface area (Å²) in [6.07, 6.45) is 1.99. The molecule has 0 aliphatic heterocycles. The first-order valence-electron chi connectivity index (χ1n) is 2.54. The van der Waals surface area contributed by atoms with E-state index in [1.54, 1.807) is 23.5 Å². The summed E-state index contributed by atoms with van der Waals surface area (Å²) in [7, 11) is 0. The molecule has 0 bridgehead atoms. The Morgan fingerprint density at radius 2 is 2.00 bits per heavy atom. The van der Waals surface area contributed by atoms with E-state index in [9.17, 15) is 0 Å². The predicted octanol–water partition coefficient (Wildman–Crippen LogP) is 3.29. The molecule has 0 heterocycles. The lowest BCUT2D eigenvalue weighted by Crippen LogP contribution is -1.72. The topological polar surface area (TPSA) is 0 Å². The van der Waals surface area contributed by atoms with Gasteiger partial charge in [0.2, 0.25) is 0 Å². The predicted molar refractivity (Wildman–Crippen MR) is 53.1 cm³/mol. The molecule has 0 saturated carbocycles. The molecular formula is C6H10S3. The molecule has 0 aliphatic rings. The molecule has 0 saturated heterocycles. The third-order valence-electron chi connectivity index (χ3n) is 0.558.